The summed E-state index contributed by atoms with van der Waals surface area (Å²) in [6, 6.07) is 1.93. The predicted molar refractivity (Wildman–Crippen MR) is 30.8 cm³/mol. The molecule has 0 saturated carbocycles. The quantitative estimate of drug-likeness (QED) is 0.596. The first-order valence-corrected chi connectivity index (χ1v) is 2.68. The van der Waals surface area contributed by atoms with Crippen molar-refractivity contribution >= 4 is 11.6 Å². The highest BCUT2D eigenvalue weighted by Gasteiger charge is 2.01. The molecule has 0 fully saturated rings. The second-order valence-electron chi connectivity index (χ2n) is 1.46. The van der Waals surface area contributed by atoms with E-state index in [4.69, 9.17) is 16.9 Å². The molecule has 0 amide bonds. The van der Waals surface area contributed by atoms with Crippen LogP contribution in [0.15, 0.2) is 10.7 Å². The lowest BCUT2D eigenvalue weighted by molar-refractivity contribution is 0.421. The average molecular weight is 143 g/mol. The van der Waals surface area contributed by atoms with Crippen LogP contribution in [0, 0.1) is 11.3 Å². The van der Waals surface area contributed by atoms with Crippen LogP contribution in [0.5, 0.6) is 0 Å². The van der Waals surface area contributed by atoms with E-state index in [0.29, 0.717) is 5.56 Å². The molecule has 0 aromatic carbocycles. The summed E-state index contributed by atoms with van der Waals surface area (Å²) in [5.74, 6) is 0. The van der Waals surface area contributed by atoms with Crippen LogP contribution in [0.4, 0.5) is 0 Å². The van der Waals surface area contributed by atoms with Crippen molar-refractivity contribution in [1.82, 2.24) is 5.16 Å². The minimum Gasteiger partial charge on any atom is -0.344 e. The highest BCUT2D eigenvalue weighted by atomic mass is 35.5. The van der Waals surface area contributed by atoms with Gasteiger partial charge in [0, 0.05) is 5.56 Å². The molecule has 1 rings (SSSR count). The van der Waals surface area contributed by atoms with E-state index in [1.54, 1.807) is 0 Å². The Labute approximate surface area is 56.8 Å². The van der Waals surface area contributed by atoms with Crippen molar-refractivity contribution in [2.45, 2.75) is 6.42 Å². The van der Waals surface area contributed by atoms with Crippen LogP contribution in [0.25, 0.3) is 0 Å². The summed E-state index contributed by atoms with van der Waals surface area (Å²) < 4.78 is 4.48. The molecule has 0 aliphatic heterocycles. The lowest BCUT2D eigenvalue weighted by atomic mass is 10.3. The van der Waals surface area contributed by atoms with Gasteiger partial charge in [0.1, 0.15) is 0 Å². The van der Waals surface area contributed by atoms with Gasteiger partial charge in [-0.05, 0) is 11.6 Å². The largest absolute Gasteiger partial charge is 0.344 e. The SMILES string of the molecule is N#CCc1cnoc1Cl. The topological polar surface area (TPSA) is 49.8 Å². The van der Waals surface area contributed by atoms with Gasteiger partial charge in [-0.2, -0.15) is 5.26 Å². The number of hydrogen-bond donors (Lipinski definition) is 0. The van der Waals surface area contributed by atoms with E-state index in [1.165, 1.54) is 6.20 Å². The summed E-state index contributed by atoms with van der Waals surface area (Å²) in [4.78, 5) is 0. The molecule has 0 N–H and O–H groups in total. The second kappa shape index (κ2) is 2.51. The van der Waals surface area contributed by atoms with Crippen molar-refractivity contribution in [2.24, 2.45) is 0 Å². The van der Waals surface area contributed by atoms with Crippen molar-refractivity contribution in [3.63, 3.8) is 0 Å². The molecule has 0 atom stereocenters. The molecule has 0 spiro atoms. The maximum absolute atomic E-state index is 8.18. The van der Waals surface area contributed by atoms with E-state index in [2.05, 4.69) is 9.68 Å². The Kier molecular flexibility index (Phi) is 1.71. The van der Waals surface area contributed by atoms with Crippen LogP contribution in [0.1, 0.15) is 5.56 Å². The lowest BCUT2D eigenvalue weighted by Gasteiger charge is -1.79. The molecule has 3 nitrogen and oxygen atoms in total. The molecule has 0 aliphatic rings. The number of nitriles is 1. The van der Waals surface area contributed by atoms with E-state index >= 15 is 0 Å². The summed E-state index contributed by atoms with van der Waals surface area (Å²) in [5, 5.41) is 11.8. The van der Waals surface area contributed by atoms with Gasteiger partial charge >= 0.3 is 0 Å². The highest BCUT2D eigenvalue weighted by Crippen LogP contribution is 2.13. The summed E-state index contributed by atoms with van der Waals surface area (Å²) >= 11 is 5.44. The molecule has 4 heteroatoms. The Bertz CT molecular complexity index is 237. The third-order valence-electron chi connectivity index (χ3n) is 0.863. The minimum atomic E-state index is 0.205. The van der Waals surface area contributed by atoms with E-state index in [-0.39, 0.29) is 11.6 Å². The maximum Gasteiger partial charge on any atom is 0.230 e. The Morgan fingerprint density at radius 3 is 3.11 bits per heavy atom. The second-order valence-corrected chi connectivity index (χ2v) is 1.80. The van der Waals surface area contributed by atoms with Crippen molar-refractivity contribution in [1.29, 1.82) is 5.26 Å². The van der Waals surface area contributed by atoms with Gasteiger partial charge in [-0.15, -0.1) is 0 Å². The van der Waals surface area contributed by atoms with Crippen LogP contribution in [-0.4, -0.2) is 5.16 Å². The van der Waals surface area contributed by atoms with Crippen LogP contribution in [0.2, 0.25) is 5.22 Å². The molecule has 1 aromatic rings. The van der Waals surface area contributed by atoms with Crippen molar-refractivity contribution in [3.05, 3.63) is 17.0 Å². The average Bonchev–Trinajstić information content (AvgIpc) is 2.18. The molecule has 0 aliphatic carbocycles. The molecule has 9 heavy (non-hydrogen) atoms. The normalized spacial score (nSPS) is 8.89. The third kappa shape index (κ3) is 1.21. The molecule has 0 saturated heterocycles. The molecule has 0 radical (unpaired) electrons. The monoisotopic (exact) mass is 142 g/mol. The van der Waals surface area contributed by atoms with Crippen molar-refractivity contribution in [3.8, 4) is 6.07 Å². The predicted octanol–water partition coefficient (Wildman–Crippen LogP) is 1.39. The van der Waals surface area contributed by atoms with Gasteiger partial charge in [0.15, 0.2) is 0 Å². The molecule has 1 aromatic heterocycles. The fourth-order valence-corrected chi connectivity index (χ4v) is 0.601. The summed E-state index contributed by atoms with van der Waals surface area (Å²) in [5.41, 5.74) is 0.638. The van der Waals surface area contributed by atoms with Gasteiger partial charge in [-0.3, -0.25) is 0 Å². The summed E-state index contributed by atoms with van der Waals surface area (Å²) in [6.07, 6.45) is 1.69. The zero-order valence-corrected chi connectivity index (χ0v) is 5.22. The van der Waals surface area contributed by atoms with E-state index in [9.17, 15) is 0 Å². The van der Waals surface area contributed by atoms with Gasteiger partial charge in [0.05, 0.1) is 18.7 Å². The third-order valence-corrected chi connectivity index (χ3v) is 1.18. The summed E-state index contributed by atoms with van der Waals surface area (Å²) in [6.45, 7) is 0. The highest BCUT2D eigenvalue weighted by molar-refractivity contribution is 6.29. The standard InChI is InChI=1S/C5H3ClN2O/c6-5-4(1-2-7)3-8-9-5/h3H,1H2. The van der Waals surface area contributed by atoms with E-state index in [0.717, 1.165) is 0 Å². The Hall–Kier alpha value is -1.01. The smallest absolute Gasteiger partial charge is 0.230 e. The van der Waals surface area contributed by atoms with Gasteiger partial charge in [0.25, 0.3) is 0 Å². The van der Waals surface area contributed by atoms with Crippen molar-refractivity contribution in [2.75, 3.05) is 0 Å². The van der Waals surface area contributed by atoms with E-state index < -0.39 is 0 Å². The molecule has 1 heterocycles. The van der Waals surface area contributed by atoms with Crippen LogP contribution < -0.4 is 0 Å². The van der Waals surface area contributed by atoms with Gasteiger partial charge in [-0.1, -0.05) is 5.16 Å². The summed E-state index contributed by atoms with van der Waals surface area (Å²) in [7, 11) is 0. The number of halogens is 1. The Balaban J connectivity index is 2.84. The fraction of sp³-hybridized carbons (Fsp3) is 0.200. The maximum atomic E-state index is 8.18. The lowest BCUT2D eigenvalue weighted by Crippen LogP contribution is -1.74. The number of hydrogen-bond acceptors (Lipinski definition) is 3. The molecular weight excluding hydrogens is 140 g/mol. The first-order chi connectivity index (χ1) is 4.34. The first kappa shape index (κ1) is 6.12. The zero-order valence-electron chi connectivity index (χ0n) is 4.47. The van der Waals surface area contributed by atoms with Crippen LogP contribution >= 0.6 is 11.6 Å². The number of aromatic nitrogens is 1. The molecular formula is C5H3ClN2O. The fourth-order valence-electron chi connectivity index (χ4n) is 0.446. The number of rotatable bonds is 1. The Morgan fingerprint density at radius 2 is 2.67 bits per heavy atom. The zero-order chi connectivity index (χ0) is 6.69. The van der Waals surface area contributed by atoms with Gasteiger partial charge in [0.2, 0.25) is 5.22 Å². The number of nitrogens with zero attached hydrogens (tertiary/aromatic N) is 2. The molecule has 0 bridgehead atoms. The molecule has 0 unspecified atom stereocenters. The van der Waals surface area contributed by atoms with Crippen molar-refractivity contribution < 1.29 is 4.52 Å². The van der Waals surface area contributed by atoms with Gasteiger partial charge in [-0.25, -0.2) is 0 Å². The first-order valence-electron chi connectivity index (χ1n) is 2.30. The van der Waals surface area contributed by atoms with Crippen LogP contribution in [-0.2, 0) is 6.42 Å². The van der Waals surface area contributed by atoms with Crippen LogP contribution in [0.3, 0.4) is 0 Å². The Morgan fingerprint density at radius 1 is 1.89 bits per heavy atom. The molecule has 46 valence electrons. The van der Waals surface area contributed by atoms with E-state index in [1.807, 2.05) is 6.07 Å². The minimum absolute atomic E-state index is 0.205. The van der Waals surface area contributed by atoms with Gasteiger partial charge < -0.3 is 4.52 Å².